The maximum Gasteiger partial charge on any atom is 0.250 e. The predicted octanol–water partition coefficient (Wildman–Crippen LogP) is 3.06. The fraction of sp³-hybridized carbons (Fsp3) is 0.211. The SMILES string of the molecule is CNCC(Nc1nc(C)nc2c(C(N)=O)cccc12)c1ccc(Cl)cc1. The third-order valence-corrected chi connectivity index (χ3v) is 4.35. The van der Waals surface area contributed by atoms with Crippen LogP contribution in [0.3, 0.4) is 0 Å². The molecule has 6 nitrogen and oxygen atoms in total. The van der Waals surface area contributed by atoms with Crippen LogP contribution in [-0.2, 0) is 0 Å². The standard InChI is InChI=1S/C19H20ClN5O/c1-11-23-17-14(18(21)26)4-3-5-15(17)19(24-11)25-16(10-22-2)12-6-8-13(20)9-7-12/h3-9,16,22H,10H2,1-2H3,(H2,21,26)(H,23,24,25). The summed E-state index contributed by atoms with van der Waals surface area (Å²) in [6.07, 6.45) is 0. The lowest BCUT2D eigenvalue weighted by atomic mass is 10.1. The Balaban J connectivity index is 2.07. The van der Waals surface area contributed by atoms with E-state index in [1.54, 1.807) is 19.1 Å². The van der Waals surface area contributed by atoms with Gasteiger partial charge in [0, 0.05) is 17.0 Å². The van der Waals surface area contributed by atoms with Crippen molar-refractivity contribution in [3.8, 4) is 0 Å². The third-order valence-electron chi connectivity index (χ3n) is 4.10. The van der Waals surface area contributed by atoms with E-state index in [4.69, 9.17) is 17.3 Å². The lowest BCUT2D eigenvalue weighted by Crippen LogP contribution is -2.24. The Morgan fingerprint density at radius 2 is 1.92 bits per heavy atom. The van der Waals surface area contributed by atoms with E-state index >= 15 is 0 Å². The second-order valence-corrected chi connectivity index (χ2v) is 6.43. The maximum absolute atomic E-state index is 11.7. The molecule has 0 fully saturated rings. The first-order valence-corrected chi connectivity index (χ1v) is 8.61. The zero-order valence-electron chi connectivity index (χ0n) is 14.6. The molecule has 0 radical (unpaired) electrons. The van der Waals surface area contributed by atoms with Gasteiger partial charge in [0.1, 0.15) is 11.6 Å². The number of rotatable bonds is 6. The van der Waals surface area contributed by atoms with E-state index < -0.39 is 5.91 Å². The number of carbonyl (C=O) groups excluding carboxylic acids is 1. The number of hydrogen-bond donors (Lipinski definition) is 3. The first kappa shape index (κ1) is 18.1. The molecule has 2 aromatic carbocycles. The van der Waals surface area contributed by atoms with E-state index in [0.717, 1.165) is 10.9 Å². The Morgan fingerprint density at radius 3 is 2.58 bits per heavy atom. The second-order valence-electron chi connectivity index (χ2n) is 5.99. The van der Waals surface area contributed by atoms with Gasteiger partial charge >= 0.3 is 0 Å². The molecule has 26 heavy (non-hydrogen) atoms. The summed E-state index contributed by atoms with van der Waals surface area (Å²) >= 11 is 6.00. The number of amides is 1. The Bertz CT molecular complexity index is 943. The quantitative estimate of drug-likeness (QED) is 0.621. The summed E-state index contributed by atoms with van der Waals surface area (Å²) in [7, 11) is 1.89. The molecule has 1 atom stereocenters. The van der Waals surface area contributed by atoms with Crippen molar-refractivity contribution in [1.29, 1.82) is 0 Å². The Labute approximate surface area is 156 Å². The molecule has 4 N–H and O–H groups in total. The number of likely N-dealkylation sites (N-methyl/N-ethyl adjacent to an activating group) is 1. The highest BCUT2D eigenvalue weighted by Gasteiger charge is 2.16. The number of nitrogens with two attached hydrogens (primary N) is 1. The number of nitrogens with one attached hydrogen (secondary N) is 2. The molecule has 1 heterocycles. The van der Waals surface area contributed by atoms with Crippen molar-refractivity contribution in [2.45, 2.75) is 13.0 Å². The highest BCUT2D eigenvalue weighted by molar-refractivity contribution is 6.30. The molecule has 1 unspecified atom stereocenters. The van der Waals surface area contributed by atoms with E-state index in [-0.39, 0.29) is 6.04 Å². The minimum Gasteiger partial charge on any atom is -0.366 e. The van der Waals surface area contributed by atoms with Crippen molar-refractivity contribution >= 4 is 34.2 Å². The summed E-state index contributed by atoms with van der Waals surface area (Å²) in [6, 6.07) is 13.0. The van der Waals surface area contributed by atoms with Crippen molar-refractivity contribution < 1.29 is 4.79 Å². The fourth-order valence-electron chi connectivity index (χ4n) is 2.89. The average molecular weight is 370 g/mol. The summed E-state index contributed by atoms with van der Waals surface area (Å²) in [5.74, 6) is 0.711. The Kier molecular flexibility index (Phi) is 5.35. The molecule has 7 heteroatoms. The van der Waals surface area contributed by atoms with E-state index in [0.29, 0.717) is 34.3 Å². The van der Waals surface area contributed by atoms with E-state index in [9.17, 15) is 4.79 Å². The molecule has 3 aromatic rings. The van der Waals surface area contributed by atoms with Crippen molar-refractivity contribution in [3.63, 3.8) is 0 Å². The third kappa shape index (κ3) is 3.76. The monoisotopic (exact) mass is 369 g/mol. The normalized spacial score (nSPS) is 12.1. The molecular formula is C19H20ClN5O. The van der Waals surface area contributed by atoms with Crippen LogP contribution in [0, 0.1) is 6.92 Å². The fourth-order valence-corrected chi connectivity index (χ4v) is 3.02. The van der Waals surface area contributed by atoms with Crippen LogP contribution < -0.4 is 16.4 Å². The zero-order valence-corrected chi connectivity index (χ0v) is 15.3. The van der Waals surface area contributed by atoms with Crippen molar-refractivity contribution in [1.82, 2.24) is 15.3 Å². The number of anilines is 1. The summed E-state index contributed by atoms with van der Waals surface area (Å²) in [4.78, 5) is 20.7. The van der Waals surface area contributed by atoms with Crippen LogP contribution in [0.25, 0.3) is 10.9 Å². The summed E-state index contributed by atoms with van der Waals surface area (Å²) in [6.45, 7) is 2.47. The first-order chi connectivity index (χ1) is 12.5. The van der Waals surface area contributed by atoms with Gasteiger partial charge in [-0.25, -0.2) is 9.97 Å². The number of benzene rings is 2. The Hall–Kier alpha value is -2.70. The van der Waals surface area contributed by atoms with Crippen molar-refractivity contribution in [2.75, 3.05) is 18.9 Å². The molecule has 0 aliphatic carbocycles. The average Bonchev–Trinajstić information content (AvgIpc) is 2.61. The highest BCUT2D eigenvalue weighted by atomic mass is 35.5. The molecule has 0 saturated heterocycles. The van der Waals surface area contributed by atoms with Crippen LogP contribution in [-0.4, -0.2) is 29.5 Å². The molecule has 0 saturated carbocycles. The van der Waals surface area contributed by atoms with Gasteiger partial charge in [0.15, 0.2) is 0 Å². The number of aryl methyl sites for hydroxylation is 1. The Morgan fingerprint density at radius 1 is 1.19 bits per heavy atom. The number of primary amides is 1. The molecule has 0 spiro atoms. The highest BCUT2D eigenvalue weighted by Crippen LogP contribution is 2.27. The smallest absolute Gasteiger partial charge is 0.250 e. The van der Waals surface area contributed by atoms with Gasteiger partial charge < -0.3 is 16.4 Å². The van der Waals surface area contributed by atoms with Crippen LogP contribution in [0.2, 0.25) is 5.02 Å². The van der Waals surface area contributed by atoms with Gasteiger partial charge in [0.05, 0.1) is 17.1 Å². The van der Waals surface area contributed by atoms with Gasteiger partial charge in [-0.3, -0.25) is 4.79 Å². The summed E-state index contributed by atoms with van der Waals surface area (Å²) < 4.78 is 0. The van der Waals surface area contributed by atoms with Crippen LogP contribution in [0.15, 0.2) is 42.5 Å². The van der Waals surface area contributed by atoms with Crippen LogP contribution >= 0.6 is 11.6 Å². The van der Waals surface area contributed by atoms with Gasteiger partial charge in [0.2, 0.25) is 0 Å². The van der Waals surface area contributed by atoms with Gasteiger partial charge in [-0.15, -0.1) is 0 Å². The number of para-hydroxylation sites is 1. The molecule has 0 bridgehead atoms. The van der Waals surface area contributed by atoms with Crippen molar-refractivity contribution in [3.05, 3.63) is 64.4 Å². The number of halogens is 1. The zero-order chi connectivity index (χ0) is 18.7. The predicted molar refractivity (Wildman–Crippen MR) is 105 cm³/mol. The molecule has 1 aromatic heterocycles. The first-order valence-electron chi connectivity index (χ1n) is 8.23. The van der Waals surface area contributed by atoms with E-state index in [1.807, 2.05) is 37.4 Å². The molecular weight excluding hydrogens is 350 g/mol. The minimum atomic E-state index is -0.510. The number of nitrogens with zero attached hydrogens (tertiary/aromatic N) is 2. The molecule has 0 aliphatic rings. The summed E-state index contributed by atoms with van der Waals surface area (Å²) in [5.41, 5.74) is 7.49. The summed E-state index contributed by atoms with van der Waals surface area (Å²) in [5, 5.41) is 8.08. The van der Waals surface area contributed by atoms with Gasteiger partial charge in [-0.1, -0.05) is 29.8 Å². The van der Waals surface area contributed by atoms with Crippen LogP contribution in [0.4, 0.5) is 5.82 Å². The molecule has 1 amide bonds. The number of hydrogen-bond acceptors (Lipinski definition) is 5. The van der Waals surface area contributed by atoms with Gasteiger partial charge in [0.25, 0.3) is 5.91 Å². The molecule has 134 valence electrons. The molecule has 0 aliphatic heterocycles. The maximum atomic E-state index is 11.7. The van der Waals surface area contributed by atoms with Gasteiger partial charge in [-0.05, 0) is 43.8 Å². The topological polar surface area (TPSA) is 92.9 Å². The number of carbonyl (C=O) groups is 1. The lowest BCUT2D eigenvalue weighted by molar-refractivity contribution is 0.100. The van der Waals surface area contributed by atoms with Crippen molar-refractivity contribution in [2.24, 2.45) is 5.73 Å². The molecule has 3 rings (SSSR count). The van der Waals surface area contributed by atoms with Crippen LogP contribution in [0.1, 0.15) is 27.8 Å². The van der Waals surface area contributed by atoms with Crippen LogP contribution in [0.5, 0.6) is 0 Å². The second kappa shape index (κ2) is 7.68. The van der Waals surface area contributed by atoms with Gasteiger partial charge in [-0.2, -0.15) is 0 Å². The number of fused-ring (bicyclic) bond motifs is 1. The van der Waals surface area contributed by atoms with E-state index in [1.165, 1.54) is 0 Å². The minimum absolute atomic E-state index is 0.0352. The van der Waals surface area contributed by atoms with E-state index in [2.05, 4.69) is 20.6 Å². The lowest BCUT2D eigenvalue weighted by Gasteiger charge is -2.21. The largest absolute Gasteiger partial charge is 0.366 e. The number of aromatic nitrogens is 2.